The van der Waals surface area contributed by atoms with Gasteiger partial charge in [0.05, 0.1) is 13.2 Å². The van der Waals surface area contributed by atoms with E-state index in [1.54, 1.807) is 6.07 Å². The van der Waals surface area contributed by atoms with Crippen molar-refractivity contribution < 1.29 is 4.74 Å². The van der Waals surface area contributed by atoms with E-state index < -0.39 is 0 Å². The van der Waals surface area contributed by atoms with Gasteiger partial charge in [0.1, 0.15) is 0 Å². The highest BCUT2D eigenvalue weighted by atomic mass is 35.5. The van der Waals surface area contributed by atoms with Gasteiger partial charge in [-0.2, -0.15) is 0 Å². The lowest BCUT2D eigenvalue weighted by Crippen LogP contribution is -2.46. The second-order valence-corrected chi connectivity index (χ2v) is 4.96. The van der Waals surface area contributed by atoms with Crippen molar-refractivity contribution in [2.24, 2.45) is 0 Å². The fraction of sp³-hybridized carbons (Fsp3) is 0.500. The molecule has 94 valence electrons. The van der Waals surface area contributed by atoms with Gasteiger partial charge in [-0.3, -0.25) is 0 Å². The van der Waals surface area contributed by atoms with Crippen LogP contribution in [-0.2, 0) is 4.74 Å². The number of halogens is 2. The SMILES string of the molecule is CC(NN1CCOCC1)c1cc(Cl)ccc1Cl. The van der Waals surface area contributed by atoms with Crippen LogP contribution in [-0.4, -0.2) is 31.3 Å². The Labute approximate surface area is 112 Å². The molecular weight excluding hydrogens is 259 g/mol. The molecule has 1 heterocycles. The topological polar surface area (TPSA) is 24.5 Å². The Morgan fingerprint density at radius 2 is 2.00 bits per heavy atom. The van der Waals surface area contributed by atoms with Gasteiger partial charge < -0.3 is 4.74 Å². The van der Waals surface area contributed by atoms with E-state index in [9.17, 15) is 0 Å². The van der Waals surface area contributed by atoms with Crippen molar-refractivity contribution in [3.05, 3.63) is 33.8 Å². The normalized spacial score (nSPS) is 19.2. The third kappa shape index (κ3) is 3.57. The number of hydrazine groups is 1. The Morgan fingerprint density at radius 3 is 2.71 bits per heavy atom. The van der Waals surface area contributed by atoms with Gasteiger partial charge in [0.25, 0.3) is 0 Å². The molecule has 1 N–H and O–H groups in total. The summed E-state index contributed by atoms with van der Waals surface area (Å²) in [6.45, 7) is 5.39. The number of rotatable bonds is 3. The second kappa shape index (κ2) is 6.03. The highest BCUT2D eigenvalue weighted by Crippen LogP contribution is 2.26. The zero-order chi connectivity index (χ0) is 12.3. The molecule has 1 aromatic rings. The molecule has 0 aliphatic carbocycles. The third-order valence-electron chi connectivity index (χ3n) is 2.81. The summed E-state index contributed by atoms with van der Waals surface area (Å²) < 4.78 is 5.30. The first-order valence-electron chi connectivity index (χ1n) is 5.70. The summed E-state index contributed by atoms with van der Waals surface area (Å²) in [6, 6.07) is 5.67. The number of hydrogen-bond donors (Lipinski definition) is 1. The van der Waals surface area contributed by atoms with Crippen LogP contribution in [0.15, 0.2) is 18.2 Å². The smallest absolute Gasteiger partial charge is 0.0608 e. The number of benzene rings is 1. The maximum absolute atomic E-state index is 6.17. The number of morpholine rings is 1. The first kappa shape index (κ1) is 13.1. The van der Waals surface area contributed by atoms with E-state index in [0.29, 0.717) is 5.02 Å². The minimum absolute atomic E-state index is 0.138. The fourth-order valence-corrected chi connectivity index (χ4v) is 2.34. The molecule has 0 saturated carbocycles. The number of ether oxygens (including phenoxy) is 1. The molecular formula is C12H16Cl2N2O. The van der Waals surface area contributed by atoms with Crippen LogP contribution in [0.2, 0.25) is 10.0 Å². The molecule has 0 spiro atoms. The standard InChI is InChI=1S/C12H16Cl2N2O/c1-9(15-16-4-6-17-7-5-16)11-8-10(13)2-3-12(11)14/h2-3,8-9,15H,4-7H2,1H3. The molecule has 2 rings (SSSR count). The van der Waals surface area contributed by atoms with Crippen LogP contribution >= 0.6 is 23.2 Å². The molecule has 0 aromatic heterocycles. The summed E-state index contributed by atoms with van der Waals surface area (Å²) in [4.78, 5) is 0. The van der Waals surface area contributed by atoms with Crippen LogP contribution in [0.5, 0.6) is 0 Å². The molecule has 3 nitrogen and oxygen atoms in total. The van der Waals surface area contributed by atoms with E-state index in [-0.39, 0.29) is 6.04 Å². The van der Waals surface area contributed by atoms with Gasteiger partial charge >= 0.3 is 0 Å². The summed E-state index contributed by atoms with van der Waals surface area (Å²) in [5, 5.41) is 3.61. The van der Waals surface area contributed by atoms with Crippen molar-refractivity contribution in [1.82, 2.24) is 10.4 Å². The van der Waals surface area contributed by atoms with Crippen LogP contribution in [0, 0.1) is 0 Å². The Hall–Kier alpha value is -0.320. The maximum atomic E-state index is 6.17. The number of hydrogen-bond acceptors (Lipinski definition) is 3. The zero-order valence-corrected chi connectivity index (χ0v) is 11.3. The molecule has 1 atom stereocenters. The van der Waals surface area contributed by atoms with E-state index in [0.717, 1.165) is 36.9 Å². The Kier molecular flexibility index (Phi) is 4.65. The molecule has 1 aromatic carbocycles. The first-order chi connectivity index (χ1) is 8.16. The molecule has 1 unspecified atom stereocenters. The molecule has 5 heteroatoms. The fourth-order valence-electron chi connectivity index (χ4n) is 1.88. The van der Waals surface area contributed by atoms with E-state index in [1.807, 2.05) is 12.1 Å². The van der Waals surface area contributed by atoms with Crippen molar-refractivity contribution in [1.29, 1.82) is 0 Å². The predicted molar refractivity (Wildman–Crippen MR) is 70.4 cm³/mol. The lowest BCUT2D eigenvalue weighted by molar-refractivity contribution is 0.00485. The van der Waals surface area contributed by atoms with Gasteiger partial charge in [0, 0.05) is 29.2 Å². The van der Waals surface area contributed by atoms with Crippen molar-refractivity contribution in [3.8, 4) is 0 Å². The summed E-state index contributed by atoms with van der Waals surface area (Å²) in [5.41, 5.74) is 4.43. The summed E-state index contributed by atoms with van der Waals surface area (Å²) in [6.07, 6.45) is 0. The maximum Gasteiger partial charge on any atom is 0.0608 e. The van der Waals surface area contributed by atoms with Gasteiger partial charge in [0.2, 0.25) is 0 Å². The molecule has 1 aliphatic heterocycles. The summed E-state index contributed by atoms with van der Waals surface area (Å²) >= 11 is 12.2. The van der Waals surface area contributed by atoms with Crippen molar-refractivity contribution in [3.63, 3.8) is 0 Å². The monoisotopic (exact) mass is 274 g/mol. The van der Waals surface area contributed by atoms with Crippen LogP contribution in [0.25, 0.3) is 0 Å². The van der Waals surface area contributed by atoms with Gasteiger partial charge in [-0.05, 0) is 30.7 Å². The molecule has 1 fully saturated rings. The number of nitrogens with zero attached hydrogens (tertiary/aromatic N) is 1. The largest absolute Gasteiger partial charge is 0.379 e. The third-order valence-corrected chi connectivity index (χ3v) is 3.39. The van der Waals surface area contributed by atoms with E-state index in [4.69, 9.17) is 27.9 Å². The Morgan fingerprint density at radius 1 is 1.29 bits per heavy atom. The molecule has 1 aliphatic rings. The van der Waals surface area contributed by atoms with E-state index >= 15 is 0 Å². The second-order valence-electron chi connectivity index (χ2n) is 4.12. The molecule has 1 saturated heterocycles. The predicted octanol–water partition coefficient (Wildman–Crippen LogP) is 2.89. The van der Waals surface area contributed by atoms with Crippen LogP contribution < -0.4 is 5.43 Å². The zero-order valence-electron chi connectivity index (χ0n) is 9.75. The Bertz CT molecular complexity index is 381. The van der Waals surface area contributed by atoms with Crippen LogP contribution in [0.1, 0.15) is 18.5 Å². The van der Waals surface area contributed by atoms with Crippen molar-refractivity contribution >= 4 is 23.2 Å². The highest BCUT2D eigenvalue weighted by molar-refractivity contribution is 6.33. The quantitative estimate of drug-likeness (QED) is 0.918. The van der Waals surface area contributed by atoms with Gasteiger partial charge in [0.15, 0.2) is 0 Å². The highest BCUT2D eigenvalue weighted by Gasteiger charge is 2.16. The van der Waals surface area contributed by atoms with Crippen molar-refractivity contribution in [2.45, 2.75) is 13.0 Å². The molecule has 0 bridgehead atoms. The Balaban J connectivity index is 2.02. The summed E-state index contributed by atoms with van der Waals surface area (Å²) in [5.74, 6) is 0. The van der Waals surface area contributed by atoms with Gasteiger partial charge in [-0.15, -0.1) is 0 Å². The first-order valence-corrected chi connectivity index (χ1v) is 6.46. The van der Waals surface area contributed by atoms with Gasteiger partial charge in [-0.1, -0.05) is 23.2 Å². The van der Waals surface area contributed by atoms with E-state index in [1.165, 1.54) is 0 Å². The average Bonchev–Trinajstić information content (AvgIpc) is 2.33. The van der Waals surface area contributed by atoms with Crippen LogP contribution in [0.4, 0.5) is 0 Å². The number of nitrogens with one attached hydrogen (secondary N) is 1. The van der Waals surface area contributed by atoms with Crippen LogP contribution in [0.3, 0.4) is 0 Å². The lowest BCUT2D eigenvalue weighted by atomic mass is 10.1. The molecule has 0 amide bonds. The lowest BCUT2D eigenvalue weighted by Gasteiger charge is -2.30. The molecule has 17 heavy (non-hydrogen) atoms. The van der Waals surface area contributed by atoms with Crippen molar-refractivity contribution in [2.75, 3.05) is 26.3 Å². The summed E-state index contributed by atoms with van der Waals surface area (Å²) in [7, 11) is 0. The average molecular weight is 275 g/mol. The van der Waals surface area contributed by atoms with Gasteiger partial charge in [-0.25, -0.2) is 10.4 Å². The minimum atomic E-state index is 0.138. The minimum Gasteiger partial charge on any atom is -0.379 e. The van der Waals surface area contributed by atoms with E-state index in [2.05, 4.69) is 17.4 Å². The molecule has 0 radical (unpaired) electrons.